The van der Waals surface area contributed by atoms with Crippen LogP contribution in [-0.4, -0.2) is 60.3 Å². The first kappa shape index (κ1) is 17.2. The van der Waals surface area contributed by atoms with Gasteiger partial charge in [0.1, 0.15) is 5.60 Å². The van der Waals surface area contributed by atoms with Crippen LogP contribution in [0.2, 0.25) is 0 Å². The van der Waals surface area contributed by atoms with Gasteiger partial charge in [0.15, 0.2) is 0 Å². The lowest BCUT2D eigenvalue weighted by Gasteiger charge is -2.35. The third-order valence-corrected chi connectivity index (χ3v) is 3.41. The standard InChI is InChI=1S/C15H31N3O2/c1-13(16)7-5-6-8-17-9-11-18(12-10-17)14(19)20-15(2,3)4/h13H,5-12,16H2,1-4H3. The van der Waals surface area contributed by atoms with E-state index in [2.05, 4.69) is 11.8 Å². The van der Waals surface area contributed by atoms with Gasteiger partial charge in [0.25, 0.3) is 0 Å². The van der Waals surface area contributed by atoms with Crippen LogP contribution in [-0.2, 0) is 4.74 Å². The van der Waals surface area contributed by atoms with Crippen LogP contribution in [0.1, 0.15) is 47.0 Å². The molecule has 0 aromatic heterocycles. The molecule has 20 heavy (non-hydrogen) atoms. The fourth-order valence-electron chi connectivity index (χ4n) is 2.28. The van der Waals surface area contributed by atoms with Crippen molar-refractivity contribution in [2.45, 2.75) is 58.6 Å². The van der Waals surface area contributed by atoms with Crippen LogP contribution in [0, 0.1) is 0 Å². The molecule has 1 atom stereocenters. The Labute approximate surface area is 123 Å². The Bertz CT molecular complexity index is 292. The molecule has 1 rings (SSSR count). The number of rotatable bonds is 5. The summed E-state index contributed by atoms with van der Waals surface area (Å²) >= 11 is 0. The summed E-state index contributed by atoms with van der Waals surface area (Å²) in [5, 5.41) is 0. The van der Waals surface area contributed by atoms with Crippen molar-refractivity contribution in [2.75, 3.05) is 32.7 Å². The molecule has 1 amide bonds. The quantitative estimate of drug-likeness (QED) is 0.786. The maximum absolute atomic E-state index is 11.9. The third-order valence-electron chi connectivity index (χ3n) is 3.41. The Morgan fingerprint density at radius 1 is 1.20 bits per heavy atom. The number of piperazine rings is 1. The van der Waals surface area contributed by atoms with E-state index >= 15 is 0 Å². The Hall–Kier alpha value is -0.810. The van der Waals surface area contributed by atoms with E-state index in [1.165, 1.54) is 12.8 Å². The third kappa shape index (κ3) is 7.10. The van der Waals surface area contributed by atoms with E-state index in [0.717, 1.165) is 39.1 Å². The lowest BCUT2D eigenvalue weighted by molar-refractivity contribution is 0.0144. The Balaban J connectivity index is 2.18. The zero-order valence-corrected chi connectivity index (χ0v) is 13.5. The van der Waals surface area contributed by atoms with Crippen LogP contribution >= 0.6 is 0 Å². The summed E-state index contributed by atoms with van der Waals surface area (Å²) < 4.78 is 5.39. The molecular weight excluding hydrogens is 254 g/mol. The highest BCUT2D eigenvalue weighted by Gasteiger charge is 2.25. The van der Waals surface area contributed by atoms with Crippen LogP contribution in [0.5, 0.6) is 0 Å². The Morgan fingerprint density at radius 3 is 2.30 bits per heavy atom. The van der Waals surface area contributed by atoms with Gasteiger partial charge in [-0.05, 0) is 47.1 Å². The number of unbranched alkanes of at least 4 members (excludes halogenated alkanes) is 1. The van der Waals surface area contributed by atoms with Gasteiger partial charge in [0.2, 0.25) is 0 Å². The predicted octanol–water partition coefficient (Wildman–Crippen LogP) is 2.06. The lowest BCUT2D eigenvalue weighted by atomic mass is 10.1. The van der Waals surface area contributed by atoms with Gasteiger partial charge in [-0.15, -0.1) is 0 Å². The fourth-order valence-corrected chi connectivity index (χ4v) is 2.28. The van der Waals surface area contributed by atoms with Gasteiger partial charge < -0.3 is 15.4 Å². The van der Waals surface area contributed by atoms with Gasteiger partial charge >= 0.3 is 6.09 Å². The number of nitrogens with zero attached hydrogens (tertiary/aromatic N) is 2. The summed E-state index contributed by atoms with van der Waals surface area (Å²) in [6.45, 7) is 12.3. The van der Waals surface area contributed by atoms with E-state index < -0.39 is 5.60 Å². The monoisotopic (exact) mass is 285 g/mol. The second kappa shape index (κ2) is 7.84. The molecule has 1 heterocycles. The maximum atomic E-state index is 11.9. The summed E-state index contributed by atoms with van der Waals surface area (Å²) in [5.41, 5.74) is 5.33. The highest BCUT2D eigenvalue weighted by molar-refractivity contribution is 5.68. The van der Waals surface area contributed by atoms with Crippen molar-refractivity contribution in [2.24, 2.45) is 5.73 Å². The van der Waals surface area contributed by atoms with Crippen LogP contribution in [0.3, 0.4) is 0 Å². The van der Waals surface area contributed by atoms with E-state index in [4.69, 9.17) is 10.5 Å². The Morgan fingerprint density at radius 2 is 1.80 bits per heavy atom. The number of amides is 1. The topological polar surface area (TPSA) is 58.8 Å². The summed E-state index contributed by atoms with van der Waals surface area (Å²) in [6, 6.07) is 0.305. The maximum Gasteiger partial charge on any atom is 0.410 e. The van der Waals surface area contributed by atoms with Crippen molar-refractivity contribution in [3.05, 3.63) is 0 Å². The largest absolute Gasteiger partial charge is 0.444 e. The number of carbonyl (C=O) groups is 1. The number of carbonyl (C=O) groups excluding carboxylic acids is 1. The molecule has 1 unspecified atom stereocenters. The zero-order chi connectivity index (χ0) is 15.2. The number of hydrogen-bond acceptors (Lipinski definition) is 4. The molecule has 1 fully saturated rings. The predicted molar refractivity (Wildman–Crippen MR) is 81.7 cm³/mol. The highest BCUT2D eigenvalue weighted by Crippen LogP contribution is 2.12. The van der Waals surface area contributed by atoms with Crippen LogP contribution < -0.4 is 5.73 Å². The average Bonchev–Trinajstić information content (AvgIpc) is 2.33. The molecule has 5 heteroatoms. The first-order valence-corrected chi connectivity index (χ1v) is 7.74. The van der Waals surface area contributed by atoms with E-state index in [9.17, 15) is 4.79 Å². The number of hydrogen-bond donors (Lipinski definition) is 1. The molecule has 0 aliphatic carbocycles. The van der Waals surface area contributed by atoms with Crippen molar-refractivity contribution in [3.8, 4) is 0 Å². The number of nitrogens with two attached hydrogens (primary N) is 1. The van der Waals surface area contributed by atoms with Crippen LogP contribution in [0.25, 0.3) is 0 Å². The van der Waals surface area contributed by atoms with Gasteiger partial charge in [-0.2, -0.15) is 0 Å². The van der Waals surface area contributed by atoms with Gasteiger partial charge in [-0.3, -0.25) is 4.90 Å². The molecule has 118 valence electrons. The van der Waals surface area contributed by atoms with Gasteiger partial charge in [-0.25, -0.2) is 4.79 Å². The lowest BCUT2D eigenvalue weighted by Crippen LogP contribution is -2.50. The second-order valence-corrected chi connectivity index (χ2v) is 6.78. The van der Waals surface area contributed by atoms with Crippen LogP contribution in [0.15, 0.2) is 0 Å². The van der Waals surface area contributed by atoms with E-state index in [1.54, 1.807) is 0 Å². The molecule has 0 saturated carbocycles. The zero-order valence-electron chi connectivity index (χ0n) is 13.5. The first-order chi connectivity index (χ1) is 9.28. The van der Waals surface area contributed by atoms with Crippen molar-refractivity contribution < 1.29 is 9.53 Å². The van der Waals surface area contributed by atoms with Crippen molar-refractivity contribution in [3.63, 3.8) is 0 Å². The molecule has 0 aromatic carbocycles. The van der Waals surface area contributed by atoms with E-state index in [0.29, 0.717) is 6.04 Å². The molecule has 1 saturated heterocycles. The Kier molecular flexibility index (Phi) is 6.76. The van der Waals surface area contributed by atoms with E-state index in [-0.39, 0.29) is 6.09 Å². The van der Waals surface area contributed by atoms with Gasteiger partial charge in [0, 0.05) is 32.2 Å². The van der Waals surface area contributed by atoms with Gasteiger partial charge in [0.05, 0.1) is 0 Å². The normalized spacial score (nSPS) is 18.9. The second-order valence-electron chi connectivity index (χ2n) is 6.78. The molecule has 0 bridgehead atoms. The molecule has 1 aliphatic rings. The summed E-state index contributed by atoms with van der Waals surface area (Å²) in [4.78, 5) is 16.2. The number of ether oxygens (including phenoxy) is 1. The molecular formula is C15H31N3O2. The van der Waals surface area contributed by atoms with Crippen LogP contribution in [0.4, 0.5) is 4.79 Å². The van der Waals surface area contributed by atoms with E-state index in [1.807, 2.05) is 25.7 Å². The summed E-state index contributed by atoms with van der Waals surface area (Å²) in [5.74, 6) is 0. The van der Waals surface area contributed by atoms with Crippen molar-refractivity contribution >= 4 is 6.09 Å². The minimum Gasteiger partial charge on any atom is -0.444 e. The molecule has 0 radical (unpaired) electrons. The minimum absolute atomic E-state index is 0.186. The molecule has 2 N–H and O–H groups in total. The van der Waals surface area contributed by atoms with Crippen molar-refractivity contribution in [1.29, 1.82) is 0 Å². The average molecular weight is 285 g/mol. The fraction of sp³-hybridized carbons (Fsp3) is 0.933. The van der Waals surface area contributed by atoms with Gasteiger partial charge in [-0.1, -0.05) is 6.42 Å². The molecule has 0 aromatic rings. The summed E-state index contributed by atoms with van der Waals surface area (Å²) in [6.07, 6.45) is 3.28. The smallest absolute Gasteiger partial charge is 0.410 e. The highest BCUT2D eigenvalue weighted by atomic mass is 16.6. The summed E-state index contributed by atoms with van der Waals surface area (Å²) in [7, 11) is 0. The molecule has 1 aliphatic heterocycles. The van der Waals surface area contributed by atoms with Crippen molar-refractivity contribution in [1.82, 2.24) is 9.80 Å². The SMILES string of the molecule is CC(N)CCCCN1CCN(C(=O)OC(C)(C)C)CC1. The first-order valence-electron chi connectivity index (χ1n) is 7.74. The molecule has 5 nitrogen and oxygen atoms in total. The molecule has 0 spiro atoms. The minimum atomic E-state index is -0.410.